The highest BCUT2D eigenvalue weighted by Gasteiger charge is 2.19. The molecule has 2 rings (SSSR count). The van der Waals surface area contributed by atoms with Crippen LogP contribution in [-0.2, 0) is 16.6 Å². The van der Waals surface area contributed by atoms with Crippen LogP contribution in [0, 0.1) is 6.92 Å². The number of esters is 1. The molecule has 26 heavy (non-hydrogen) atoms. The van der Waals surface area contributed by atoms with Gasteiger partial charge < -0.3 is 9.84 Å². The molecular formula is C17H19ClN4O4. The molecule has 0 unspecified atom stereocenters. The number of ether oxygens (including phenoxy) is 1. The summed E-state index contributed by atoms with van der Waals surface area (Å²) in [5, 5.41) is 17.4. The number of hydrogen-bond donors (Lipinski definition) is 1. The monoisotopic (exact) mass is 378 g/mol. The molecule has 0 saturated carbocycles. The Kier molecular flexibility index (Phi) is 6.35. The van der Waals surface area contributed by atoms with Gasteiger partial charge in [0.1, 0.15) is 5.76 Å². The van der Waals surface area contributed by atoms with E-state index in [1.165, 1.54) is 4.68 Å². The number of azo groups is 1. The molecule has 0 aliphatic heterocycles. The largest absolute Gasteiger partial charge is 0.508 e. The summed E-state index contributed by atoms with van der Waals surface area (Å²) in [5.41, 5.74) is 0.398. The Labute approximate surface area is 155 Å². The summed E-state index contributed by atoms with van der Waals surface area (Å²) in [6, 6.07) is 9.03. The fraction of sp³-hybridized carbons (Fsp3) is 0.294. The van der Waals surface area contributed by atoms with E-state index in [0.717, 1.165) is 0 Å². The normalized spacial score (nSPS) is 12.3. The molecule has 0 aliphatic rings. The Morgan fingerprint density at radius 2 is 1.96 bits per heavy atom. The van der Waals surface area contributed by atoms with Crippen molar-refractivity contribution in [3.63, 3.8) is 0 Å². The molecule has 1 N–H and O–H groups in total. The molecule has 0 spiro atoms. The molecular weight excluding hydrogens is 360 g/mol. The Morgan fingerprint density at radius 3 is 2.54 bits per heavy atom. The van der Waals surface area contributed by atoms with Crippen LogP contribution in [0.2, 0.25) is 0 Å². The lowest BCUT2D eigenvalue weighted by atomic mass is 10.3. The van der Waals surface area contributed by atoms with Crippen molar-refractivity contribution < 1.29 is 14.6 Å². The fourth-order valence-corrected chi connectivity index (χ4v) is 2.38. The van der Waals surface area contributed by atoms with Crippen LogP contribution < -0.4 is 5.56 Å². The SMILES string of the molecule is CCOC(=O)/C(N=Nc1c(C)n(C)n(-c2ccccc2)c1=O)=C(\O)CCl. The molecule has 9 heteroatoms. The van der Waals surface area contributed by atoms with E-state index in [9.17, 15) is 14.7 Å². The number of halogens is 1. The second-order valence-corrected chi connectivity index (χ2v) is 5.53. The third-order valence-electron chi connectivity index (χ3n) is 3.64. The molecule has 0 bridgehead atoms. The number of aromatic nitrogens is 2. The average molecular weight is 379 g/mol. The number of allylic oxidation sites excluding steroid dienone is 1. The molecule has 0 saturated heterocycles. The van der Waals surface area contributed by atoms with E-state index in [1.54, 1.807) is 37.7 Å². The zero-order valence-electron chi connectivity index (χ0n) is 14.6. The topological polar surface area (TPSA) is 98.2 Å². The first kappa shape index (κ1) is 19.5. The predicted octanol–water partition coefficient (Wildman–Crippen LogP) is 3.14. The number of para-hydroxylation sites is 1. The van der Waals surface area contributed by atoms with Gasteiger partial charge in [-0.15, -0.1) is 21.8 Å². The van der Waals surface area contributed by atoms with Gasteiger partial charge in [0.05, 0.1) is 23.9 Å². The molecule has 1 aromatic heterocycles. The lowest BCUT2D eigenvalue weighted by molar-refractivity contribution is -0.138. The number of benzene rings is 1. The van der Waals surface area contributed by atoms with Gasteiger partial charge in [-0.05, 0) is 26.0 Å². The Balaban J connectivity index is 2.52. The van der Waals surface area contributed by atoms with Gasteiger partial charge in [-0.25, -0.2) is 9.48 Å². The maximum atomic E-state index is 12.7. The average Bonchev–Trinajstić information content (AvgIpc) is 2.85. The first-order valence-electron chi connectivity index (χ1n) is 7.83. The molecule has 0 radical (unpaired) electrons. The van der Waals surface area contributed by atoms with Gasteiger partial charge >= 0.3 is 5.97 Å². The highest BCUT2D eigenvalue weighted by molar-refractivity contribution is 6.19. The molecule has 0 amide bonds. The Bertz CT molecular complexity index is 913. The molecule has 0 aliphatic carbocycles. The summed E-state index contributed by atoms with van der Waals surface area (Å²) in [7, 11) is 1.71. The maximum Gasteiger partial charge on any atom is 0.362 e. The van der Waals surface area contributed by atoms with Crippen molar-refractivity contribution in [2.75, 3.05) is 12.5 Å². The predicted molar refractivity (Wildman–Crippen MR) is 97.3 cm³/mol. The smallest absolute Gasteiger partial charge is 0.362 e. The highest BCUT2D eigenvalue weighted by Crippen LogP contribution is 2.19. The molecule has 1 heterocycles. The third kappa shape index (κ3) is 3.85. The second-order valence-electron chi connectivity index (χ2n) is 5.26. The second kappa shape index (κ2) is 8.48. The van der Waals surface area contributed by atoms with E-state index >= 15 is 0 Å². The van der Waals surface area contributed by atoms with E-state index < -0.39 is 23.0 Å². The molecule has 2 aromatic rings. The van der Waals surface area contributed by atoms with Crippen LogP contribution in [0.1, 0.15) is 12.6 Å². The number of hydrogen-bond acceptors (Lipinski definition) is 6. The van der Waals surface area contributed by atoms with Gasteiger partial charge in [-0.1, -0.05) is 18.2 Å². The zero-order valence-corrected chi connectivity index (χ0v) is 15.4. The van der Waals surface area contributed by atoms with Crippen LogP contribution in [-0.4, -0.2) is 32.9 Å². The fourth-order valence-electron chi connectivity index (χ4n) is 2.25. The van der Waals surface area contributed by atoms with Crippen molar-refractivity contribution in [2.45, 2.75) is 13.8 Å². The van der Waals surface area contributed by atoms with Gasteiger partial charge in [0.15, 0.2) is 5.69 Å². The number of carbonyl (C=O) groups excluding carboxylic acids is 1. The molecule has 8 nitrogen and oxygen atoms in total. The van der Waals surface area contributed by atoms with Gasteiger partial charge in [0.25, 0.3) is 5.56 Å². The molecule has 0 fully saturated rings. The molecule has 0 atom stereocenters. The van der Waals surface area contributed by atoms with Crippen LogP contribution in [0.15, 0.2) is 56.8 Å². The first-order chi connectivity index (χ1) is 12.4. The standard InChI is InChI=1S/C17H19ClN4O4/c1-4-26-17(25)15(13(23)10-18)20-19-14-11(2)21(3)22(16(14)24)12-8-6-5-7-9-12/h5-9,23H,4,10H2,1-3H3/b15-13+,20-19?. The van der Waals surface area contributed by atoms with Crippen LogP contribution in [0.4, 0.5) is 5.69 Å². The zero-order chi connectivity index (χ0) is 19.3. The van der Waals surface area contributed by atoms with E-state index in [0.29, 0.717) is 11.4 Å². The van der Waals surface area contributed by atoms with Crippen molar-refractivity contribution >= 4 is 23.3 Å². The van der Waals surface area contributed by atoms with Crippen molar-refractivity contribution in [1.82, 2.24) is 9.36 Å². The van der Waals surface area contributed by atoms with Gasteiger partial charge in [0.2, 0.25) is 5.70 Å². The van der Waals surface area contributed by atoms with E-state index in [-0.39, 0.29) is 18.2 Å². The minimum Gasteiger partial charge on any atom is -0.508 e. The third-order valence-corrected chi connectivity index (χ3v) is 3.90. The van der Waals surface area contributed by atoms with E-state index in [4.69, 9.17) is 16.3 Å². The van der Waals surface area contributed by atoms with Crippen molar-refractivity contribution in [2.24, 2.45) is 17.3 Å². The number of carbonyl (C=O) groups is 1. The van der Waals surface area contributed by atoms with Crippen LogP contribution in [0.25, 0.3) is 5.69 Å². The summed E-state index contributed by atoms with van der Waals surface area (Å²) < 4.78 is 7.87. The highest BCUT2D eigenvalue weighted by atomic mass is 35.5. The van der Waals surface area contributed by atoms with Crippen LogP contribution in [0.3, 0.4) is 0 Å². The van der Waals surface area contributed by atoms with E-state index in [2.05, 4.69) is 10.2 Å². The Hall–Kier alpha value is -2.87. The van der Waals surface area contributed by atoms with Crippen LogP contribution in [0.5, 0.6) is 0 Å². The number of nitrogens with zero attached hydrogens (tertiary/aromatic N) is 4. The number of aliphatic hydroxyl groups excluding tert-OH is 1. The van der Waals surface area contributed by atoms with Gasteiger partial charge in [-0.3, -0.25) is 9.48 Å². The molecule has 1 aromatic carbocycles. The number of alkyl halides is 1. The van der Waals surface area contributed by atoms with E-state index in [1.807, 2.05) is 18.2 Å². The van der Waals surface area contributed by atoms with Gasteiger partial charge in [-0.2, -0.15) is 0 Å². The summed E-state index contributed by atoms with van der Waals surface area (Å²) in [5.74, 6) is -1.69. The minimum atomic E-state index is -0.869. The summed E-state index contributed by atoms with van der Waals surface area (Å²) >= 11 is 5.56. The minimum absolute atomic E-state index is 0.0422. The van der Waals surface area contributed by atoms with Crippen molar-refractivity contribution in [3.05, 3.63) is 57.8 Å². The quantitative estimate of drug-likeness (QED) is 0.274. The van der Waals surface area contributed by atoms with Crippen molar-refractivity contribution in [3.8, 4) is 5.69 Å². The first-order valence-corrected chi connectivity index (χ1v) is 8.36. The Morgan fingerprint density at radius 1 is 1.31 bits per heavy atom. The van der Waals surface area contributed by atoms with Crippen LogP contribution >= 0.6 is 11.6 Å². The summed E-state index contributed by atoms with van der Waals surface area (Å²) in [6.07, 6.45) is 0. The lowest BCUT2D eigenvalue weighted by Crippen LogP contribution is -2.19. The number of aliphatic hydroxyl groups is 1. The lowest BCUT2D eigenvalue weighted by Gasteiger charge is -2.07. The number of rotatable bonds is 6. The summed E-state index contributed by atoms with van der Waals surface area (Å²) in [6.45, 7) is 3.41. The summed E-state index contributed by atoms with van der Waals surface area (Å²) in [4.78, 5) is 24.6. The maximum absolute atomic E-state index is 12.7. The van der Waals surface area contributed by atoms with Gasteiger partial charge in [0, 0.05) is 7.05 Å². The van der Waals surface area contributed by atoms with Crippen molar-refractivity contribution in [1.29, 1.82) is 0 Å². The molecule has 138 valence electrons.